The third-order valence-electron chi connectivity index (χ3n) is 6.60. The molecule has 0 aliphatic rings. The largest absolute Gasteiger partial charge is 0.492 e. The van der Waals surface area contributed by atoms with Gasteiger partial charge in [-0.05, 0) is 44.0 Å². The van der Waals surface area contributed by atoms with Crippen LogP contribution < -0.4 is 20.1 Å². The van der Waals surface area contributed by atoms with Crippen LogP contribution in [0, 0.1) is 6.92 Å². The molecule has 2 N–H and O–H groups in total. The molecule has 0 saturated carbocycles. The van der Waals surface area contributed by atoms with Crippen molar-refractivity contribution in [2.75, 3.05) is 30.5 Å². The Balaban J connectivity index is 1.42. The van der Waals surface area contributed by atoms with Gasteiger partial charge in [-0.15, -0.1) is 11.3 Å². The Morgan fingerprint density at radius 2 is 1.51 bits per heavy atom. The molecule has 220 valence electrons. The second kappa shape index (κ2) is 13.8. The molecule has 0 aliphatic heterocycles. The van der Waals surface area contributed by atoms with Crippen molar-refractivity contribution in [2.24, 2.45) is 0 Å². The highest BCUT2D eigenvalue weighted by Crippen LogP contribution is 2.41. The van der Waals surface area contributed by atoms with Gasteiger partial charge in [0.2, 0.25) is 0 Å². The maximum absolute atomic E-state index is 13.0. The number of aryl methyl sites for hydroxylation is 1. The molecule has 0 saturated heterocycles. The number of ether oxygens (including phenoxy) is 3. The fourth-order valence-electron chi connectivity index (χ4n) is 4.55. The summed E-state index contributed by atoms with van der Waals surface area (Å²) in [5.41, 5.74) is 3.41. The van der Waals surface area contributed by atoms with Crippen molar-refractivity contribution in [3.63, 3.8) is 0 Å². The Kier molecular flexibility index (Phi) is 9.48. The number of nitrogens with zero attached hydrogens (tertiary/aromatic N) is 2. The first-order valence-corrected chi connectivity index (χ1v) is 14.8. The number of rotatable bonds is 12. The van der Waals surface area contributed by atoms with E-state index in [1.54, 1.807) is 24.3 Å². The van der Waals surface area contributed by atoms with Crippen molar-refractivity contribution in [3.05, 3.63) is 101 Å². The van der Waals surface area contributed by atoms with E-state index in [9.17, 15) is 9.59 Å². The first-order valence-electron chi connectivity index (χ1n) is 14.0. The van der Waals surface area contributed by atoms with Crippen LogP contribution in [0.2, 0.25) is 0 Å². The number of fused-ring (bicyclic) bond motifs is 1. The van der Waals surface area contributed by atoms with Gasteiger partial charge < -0.3 is 24.8 Å². The minimum absolute atomic E-state index is 0.265. The highest BCUT2D eigenvalue weighted by Gasteiger charge is 2.22. The zero-order valence-electron chi connectivity index (χ0n) is 24.2. The van der Waals surface area contributed by atoms with Crippen molar-refractivity contribution in [1.82, 2.24) is 9.97 Å². The molecule has 0 radical (unpaired) electrons. The van der Waals surface area contributed by atoms with E-state index in [1.807, 2.05) is 69.3 Å². The summed E-state index contributed by atoms with van der Waals surface area (Å²) in [6, 6.07) is 22.3. The normalized spacial score (nSPS) is 10.8. The van der Waals surface area contributed by atoms with E-state index in [0.717, 1.165) is 11.1 Å². The number of thiophene rings is 1. The van der Waals surface area contributed by atoms with Crippen molar-refractivity contribution < 1.29 is 23.8 Å². The third-order valence-corrected chi connectivity index (χ3v) is 7.78. The second-order valence-corrected chi connectivity index (χ2v) is 10.5. The summed E-state index contributed by atoms with van der Waals surface area (Å²) in [6.07, 6.45) is 2.08. The Hall–Kier alpha value is -4.96. The van der Waals surface area contributed by atoms with E-state index in [-0.39, 0.29) is 12.5 Å². The lowest BCUT2D eigenvalue weighted by Crippen LogP contribution is -2.13. The summed E-state index contributed by atoms with van der Waals surface area (Å²) in [5, 5.41) is 7.00. The Morgan fingerprint density at radius 1 is 0.860 bits per heavy atom. The Labute approximate surface area is 253 Å². The quantitative estimate of drug-likeness (QED) is 0.146. The Morgan fingerprint density at radius 3 is 2.21 bits per heavy atom. The smallest absolute Gasteiger partial charge is 0.348 e. The van der Waals surface area contributed by atoms with Crippen molar-refractivity contribution in [3.8, 4) is 11.5 Å². The number of hydrogen-bond acceptors (Lipinski definition) is 9. The van der Waals surface area contributed by atoms with Gasteiger partial charge in [-0.1, -0.05) is 48.5 Å². The molecule has 9 nitrogen and oxygen atoms in total. The van der Waals surface area contributed by atoms with Crippen LogP contribution in [-0.2, 0) is 11.2 Å². The van der Waals surface area contributed by atoms with E-state index >= 15 is 0 Å². The van der Waals surface area contributed by atoms with E-state index in [0.29, 0.717) is 69.0 Å². The maximum Gasteiger partial charge on any atom is 0.348 e. The number of esters is 1. The summed E-state index contributed by atoms with van der Waals surface area (Å²) >= 11 is 1.27. The number of anilines is 3. The standard InChI is InChI=1S/C33H32N4O5S/c1-4-40-26-19-25(37-31(38)23-14-10-7-11-15-23)27(41-5-2)18-24(26)36-30-28-21(3)29(43-32(28)35-20-34-30)33(39)42-17-16-22-12-8-6-9-13-22/h6-15,18-20H,4-5,16-17H2,1-3H3,(H,37,38)(H,34,35,36). The van der Waals surface area contributed by atoms with Crippen LogP contribution in [0.5, 0.6) is 11.5 Å². The topological polar surface area (TPSA) is 112 Å². The van der Waals surface area contributed by atoms with Crippen molar-refractivity contribution in [1.29, 1.82) is 0 Å². The molecular weight excluding hydrogens is 564 g/mol. The number of benzene rings is 3. The maximum atomic E-state index is 13.0. The molecule has 0 spiro atoms. The molecule has 0 atom stereocenters. The minimum Gasteiger partial charge on any atom is -0.492 e. The molecule has 5 rings (SSSR count). The van der Waals surface area contributed by atoms with Crippen molar-refractivity contribution >= 4 is 50.6 Å². The van der Waals surface area contributed by atoms with E-state index in [4.69, 9.17) is 14.2 Å². The monoisotopic (exact) mass is 596 g/mol. The summed E-state index contributed by atoms with van der Waals surface area (Å²) in [4.78, 5) is 36.0. The molecule has 2 heterocycles. The lowest BCUT2D eigenvalue weighted by Gasteiger charge is -2.18. The van der Waals surface area contributed by atoms with Gasteiger partial charge in [-0.2, -0.15) is 0 Å². The third kappa shape index (κ3) is 6.92. The number of carbonyl (C=O) groups excluding carboxylic acids is 2. The van der Waals surface area contributed by atoms with E-state index in [1.165, 1.54) is 17.7 Å². The van der Waals surface area contributed by atoms with Gasteiger partial charge in [0.1, 0.15) is 33.4 Å². The van der Waals surface area contributed by atoms with Crippen LogP contribution in [0.25, 0.3) is 10.2 Å². The molecule has 2 aromatic heterocycles. The average molecular weight is 597 g/mol. The second-order valence-electron chi connectivity index (χ2n) is 9.49. The number of nitrogens with one attached hydrogen (secondary N) is 2. The first-order chi connectivity index (χ1) is 21.0. The van der Waals surface area contributed by atoms with Gasteiger partial charge in [-0.25, -0.2) is 14.8 Å². The molecule has 0 bridgehead atoms. The molecule has 0 fully saturated rings. The fraction of sp³-hybridized carbons (Fsp3) is 0.212. The molecule has 0 unspecified atom stereocenters. The van der Waals surface area contributed by atoms with Crippen LogP contribution in [0.4, 0.5) is 17.2 Å². The predicted octanol–water partition coefficient (Wildman–Crippen LogP) is 7.19. The molecule has 5 aromatic rings. The summed E-state index contributed by atoms with van der Waals surface area (Å²) in [5.74, 6) is 0.808. The highest BCUT2D eigenvalue weighted by molar-refractivity contribution is 7.20. The van der Waals surface area contributed by atoms with E-state index < -0.39 is 5.97 Å². The summed E-state index contributed by atoms with van der Waals surface area (Å²) in [6.45, 7) is 6.67. The average Bonchev–Trinajstić information content (AvgIpc) is 3.37. The minimum atomic E-state index is -0.394. The summed E-state index contributed by atoms with van der Waals surface area (Å²) in [7, 11) is 0. The van der Waals surface area contributed by atoms with Crippen LogP contribution in [-0.4, -0.2) is 41.7 Å². The number of hydrogen-bond donors (Lipinski definition) is 2. The van der Waals surface area contributed by atoms with Crippen molar-refractivity contribution in [2.45, 2.75) is 27.2 Å². The van der Waals surface area contributed by atoms with E-state index in [2.05, 4.69) is 20.6 Å². The SMILES string of the molecule is CCOc1cc(Nc2ncnc3sc(C(=O)OCCc4ccccc4)c(C)c23)c(OCC)cc1NC(=O)c1ccccc1. The van der Waals surface area contributed by atoms with Gasteiger partial charge in [0, 0.05) is 24.1 Å². The first kappa shape index (κ1) is 29.5. The number of amides is 1. The zero-order chi connectivity index (χ0) is 30.2. The number of carbonyl (C=O) groups is 2. The lowest BCUT2D eigenvalue weighted by atomic mass is 10.1. The lowest BCUT2D eigenvalue weighted by molar-refractivity contribution is 0.0514. The fourth-order valence-corrected chi connectivity index (χ4v) is 5.59. The van der Waals surface area contributed by atoms with Gasteiger partial charge in [0.05, 0.1) is 36.6 Å². The van der Waals surface area contributed by atoms with Gasteiger partial charge in [0.15, 0.2) is 0 Å². The van der Waals surface area contributed by atoms with Gasteiger partial charge >= 0.3 is 5.97 Å². The van der Waals surface area contributed by atoms with Crippen LogP contribution in [0.3, 0.4) is 0 Å². The molecular formula is C33H32N4O5S. The molecule has 43 heavy (non-hydrogen) atoms. The molecule has 0 aliphatic carbocycles. The van der Waals surface area contributed by atoms with Crippen LogP contribution in [0.1, 0.15) is 45.0 Å². The number of aromatic nitrogens is 2. The molecule has 1 amide bonds. The molecule has 10 heteroatoms. The Bertz CT molecular complexity index is 1720. The van der Waals surface area contributed by atoms with Gasteiger partial charge in [0.25, 0.3) is 5.91 Å². The highest BCUT2D eigenvalue weighted by atomic mass is 32.1. The van der Waals surface area contributed by atoms with Crippen LogP contribution >= 0.6 is 11.3 Å². The summed E-state index contributed by atoms with van der Waals surface area (Å²) < 4.78 is 17.5. The molecule has 3 aromatic carbocycles. The van der Waals surface area contributed by atoms with Gasteiger partial charge in [-0.3, -0.25) is 4.79 Å². The van der Waals surface area contributed by atoms with Crippen LogP contribution in [0.15, 0.2) is 79.1 Å². The zero-order valence-corrected chi connectivity index (χ0v) is 25.0. The predicted molar refractivity (Wildman–Crippen MR) is 169 cm³/mol.